The molecule has 0 aliphatic heterocycles. The Kier molecular flexibility index (Phi) is 10.4. The van der Waals surface area contributed by atoms with Gasteiger partial charge < -0.3 is 30.7 Å². The first kappa shape index (κ1) is 31.4. The van der Waals surface area contributed by atoms with Gasteiger partial charge in [-0.1, -0.05) is 29.3 Å². The number of methoxy groups -OCH3 is 1. The Hall–Kier alpha value is -4.08. The molecule has 0 radical (unpaired) electrons. The van der Waals surface area contributed by atoms with Gasteiger partial charge in [0, 0.05) is 18.2 Å². The van der Waals surface area contributed by atoms with E-state index in [0.717, 1.165) is 17.5 Å². The predicted octanol–water partition coefficient (Wildman–Crippen LogP) is 4.53. The summed E-state index contributed by atoms with van der Waals surface area (Å²) in [6.45, 7) is 9.02. The van der Waals surface area contributed by atoms with E-state index in [9.17, 15) is 19.2 Å². The minimum Gasteiger partial charge on any atom is -0.497 e. The standard InChI is InChI=1S/C31H42N4O6/c1-19-16-20(2)18-21(17-19)27(28(37)33-22-10-12-24(40-6)13-11-22)35(23-8-7-9-23)29(38)25(14-15-26(32)36)34-30(39)41-31(3,4)5/h10-13,16-18,23,25,27H,7-9,14-15H2,1-6H3,(H2,32,36)(H,33,37)(H,34,39). The van der Waals surface area contributed by atoms with Crippen molar-refractivity contribution in [3.8, 4) is 5.75 Å². The van der Waals surface area contributed by atoms with Gasteiger partial charge in [0.15, 0.2) is 0 Å². The number of aryl methyl sites for hydroxylation is 2. The lowest BCUT2D eigenvalue weighted by atomic mass is 9.87. The summed E-state index contributed by atoms with van der Waals surface area (Å²) in [5.41, 5.74) is 7.70. The highest BCUT2D eigenvalue weighted by Crippen LogP contribution is 2.35. The number of nitrogens with two attached hydrogens (primary N) is 1. The SMILES string of the molecule is COc1ccc(NC(=O)C(c2cc(C)cc(C)c2)N(C(=O)C(CCC(N)=O)NC(=O)OC(C)(C)C)C2CCC2)cc1. The molecule has 0 saturated heterocycles. The Morgan fingerprint density at radius 3 is 2.12 bits per heavy atom. The van der Waals surface area contributed by atoms with Crippen LogP contribution < -0.4 is 21.1 Å². The summed E-state index contributed by atoms with van der Waals surface area (Å²) >= 11 is 0. The van der Waals surface area contributed by atoms with Crippen LogP contribution in [0.25, 0.3) is 0 Å². The number of rotatable bonds is 11. The van der Waals surface area contributed by atoms with Gasteiger partial charge in [0.25, 0.3) is 5.91 Å². The average Bonchev–Trinajstić information content (AvgIpc) is 2.83. The van der Waals surface area contributed by atoms with Crippen LogP contribution in [0.3, 0.4) is 0 Å². The molecule has 2 aromatic carbocycles. The second kappa shape index (κ2) is 13.5. The summed E-state index contributed by atoms with van der Waals surface area (Å²) in [4.78, 5) is 54.4. The normalized spacial score (nSPS) is 14.7. The number of amides is 4. The molecule has 0 aromatic heterocycles. The number of alkyl carbamates (subject to hydrolysis) is 1. The van der Waals surface area contributed by atoms with E-state index < -0.39 is 41.5 Å². The van der Waals surface area contributed by atoms with Gasteiger partial charge in [-0.05, 0) is 90.1 Å². The molecule has 1 aliphatic rings. The van der Waals surface area contributed by atoms with E-state index in [1.807, 2.05) is 32.0 Å². The summed E-state index contributed by atoms with van der Waals surface area (Å²) in [5, 5.41) is 5.59. The third-order valence-corrected chi connectivity index (χ3v) is 6.83. The molecule has 10 heteroatoms. The van der Waals surface area contributed by atoms with Crippen molar-refractivity contribution in [2.75, 3.05) is 12.4 Å². The molecule has 10 nitrogen and oxygen atoms in total. The topological polar surface area (TPSA) is 140 Å². The maximum atomic E-state index is 14.3. The number of anilines is 1. The van der Waals surface area contributed by atoms with Crippen molar-refractivity contribution in [3.05, 3.63) is 59.2 Å². The molecule has 0 spiro atoms. The number of carbonyl (C=O) groups is 4. The molecule has 2 unspecified atom stereocenters. The van der Waals surface area contributed by atoms with Crippen molar-refractivity contribution < 1.29 is 28.7 Å². The molecule has 1 saturated carbocycles. The molecule has 2 atom stereocenters. The fraction of sp³-hybridized carbons (Fsp3) is 0.484. The van der Waals surface area contributed by atoms with Crippen LogP contribution >= 0.6 is 0 Å². The molecular weight excluding hydrogens is 524 g/mol. The second-order valence-corrected chi connectivity index (χ2v) is 11.6. The molecule has 1 fully saturated rings. The molecule has 2 aromatic rings. The maximum absolute atomic E-state index is 14.3. The zero-order valence-corrected chi connectivity index (χ0v) is 24.8. The van der Waals surface area contributed by atoms with Gasteiger partial charge in [-0.15, -0.1) is 0 Å². The van der Waals surface area contributed by atoms with E-state index in [1.54, 1.807) is 57.0 Å². The van der Waals surface area contributed by atoms with Crippen molar-refractivity contribution >= 4 is 29.5 Å². The van der Waals surface area contributed by atoms with Crippen LogP contribution in [-0.2, 0) is 19.1 Å². The largest absolute Gasteiger partial charge is 0.497 e. The number of ether oxygens (including phenoxy) is 2. The zero-order chi connectivity index (χ0) is 30.3. The van der Waals surface area contributed by atoms with Crippen molar-refractivity contribution in [3.63, 3.8) is 0 Å². The summed E-state index contributed by atoms with van der Waals surface area (Å²) < 4.78 is 10.6. The van der Waals surface area contributed by atoms with Gasteiger partial charge in [-0.25, -0.2) is 4.79 Å². The molecular formula is C31H42N4O6. The van der Waals surface area contributed by atoms with E-state index in [-0.39, 0.29) is 18.9 Å². The third-order valence-electron chi connectivity index (χ3n) is 6.83. The number of hydrogen-bond acceptors (Lipinski definition) is 6. The zero-order valence-electron chi connectivity index (χ0n) is 24.8. The molecule has 3 rings (SSSR count). The number of hydrogen-bond donors (Lipinski definition) is 3. The average molecular weight is 567 g/mol. The first-order valence-electron chi connectivity index (χ1n) is 13.9. The molecule has 0 bridgehead atoms. The first-order valence-corrected chi connectivity index (χ1v) is 13.9. The smallest absolute Gasteiger partial charge is 0.408 e. The van der Waals surface area contributed by atoms with Gasteiger partial charge in [-0.3, -0.25) is 14.4 Å². The molecule has 4 amide bonds. The second-order valence-electron chi connectivity index (χ2n) is 11.6. The number of nitrogens with one attached hydrogen (secondary N) is 2. The third kappa shape index (κ3) is 8.96. The highest BCUT2D eigenvalue weighted by molar-refractivity contribution is 5.99. The van der Waals surface area contributed by atoms with Crippen LogP contribution in [0, 0.1) is 13.8 Å². The Morgan fingerprint density at radius 1 is 1.02 bits per heavy atom. The maximum Gasteiger partial charge on any atom is 0.408 e. The van der Waals surface area contributed by atoms with E-state index in [1.165, 1.54) is 0 Å². The van der Waals surface area contributed by atoms with Crippen LogP contribution in [0.15, 0.2) is 42.5 Å². The van der Waals surface area contributed by atoms with Gasteiger partial charge >= 0.3 is 6.09 Å². The van der Waals surface area contributed by atoms with Gasteiger partial charge in [0.1, 0.15) is 23.4 Å². The van der Waals surface area contributed by atoms with Crippen LogP contribution in [0.4, 0.5) is 10.5 Å². The summed E-state index contributed by atoms with van der Waals surface area (Å²) in [6, 6.07) is 10.4. The number of primary amides is 1. The molecule has 0 heterocycles. The molecule has 4 N–H and O–H groups in total. The van der Waals surface area contributed by atoms with E-state index in [2.05, 4.69) is 10.6 Å². The molecule has 222 valence electrons. The number of carbonyl (C=O) groups excluding carboxylic acids is 4. The molecule has 1 aliphatic carbocycles. The highest BCUT2D eigenvalue weighted by atomic mass is 16.6. The van der Waals surface area contributed by atoms with Crippen molar-refractivity contribution in [1.82, 2.24) is 10.2 Å². The molecule has 41 heavy (non-hydrogen) atoms. The highest BCUT2D eigenvalue weighted by Gasteiger charge is 2.42. The summed E-state index contributed by atoms with van der Waals surface area (Å²) in [7, 11) is 1.56. The minimum absolute atomic E-state index is 0.0315. The lowest BCUT2D eigenvalue weighted by Gasteiger charge is -2.43. The van der Waals surface area contributed by atoms with E-state index in [4.69, 9.17) is 15.2 Å². The fourth-order valence-corrected chi connectivity index (χ4v) is 4.85. The Bertz CT molecular complexity index is 1230. The first-order chi connectivity index (χ1) is 19.3. The van der Waals surface area contributed by atoms with Crippen molar-refractivity contribution in [1.29, 1.82) is 0 Å². The quantitative estimate of drug-likeness (QED) is 0.365. The Balaban J connectivity index is 2.04. The number of nitrogens with zero attached hydrogens (tertiary/aromatic N) is 1. The Labute approximate surface area is 241 Å². The van der Waals surface area contributed by atoms with Gasteiger partial charge in [-0.2, -0.15) is 0 Å². The monoisotopic (exact) mass is 566 g/mol. The summed E-state index contributed by atoms with van der Waals surface area (Å²) in [5.74, 6) is -0.833. The minimum atomic E-state index is -1.12. The van der Waals surface area contributed by atoms with Crippen molar-refractivity contribution in [2.24, 2.45) is 5.73 Å². The number of benzene rings is 2. The van der Waals surface area contributed by atoms with Crippen LogP contribution in [-0.4, -0.2) is 53.5 Å². The van der Waals surface area contributed by atoms with Crippen LogP contribution in [0.1, 0.15) is 75.6 Å². The van der Waals surface area contributed by atoms with Crippen LogP contribution in [0.5, 0.6) is 5.75 Å². The van der Waals surface area contributed by atoms with Crippen LogP contribution in [0.2, 0.25) is 0 Å². The van der Waals surface area contributed by atoms with Gasteiger partial charge in [0.05, 0.1) is 7.11 Å². The van der Waals surface area contributed by atoms with Crippen molar-refractivity contribution in [2.45, 2.75) is 90.4 Å². The fourth-order valence-electron chi connectivity index (χ4n) is 4.85. The Morgan fingerprint density at radius 2 is 1.63 bits per heavy atom. The van der Waals surface area contributed by atoms with E-state index >= 15 is 0 Å². The summed E-state index contributed by atoms with van der Waals surface area (Å²) in [6.07, 6.45) is 1.36. The lowest BCUT2D eigenvalue weighted by Crippen LogP contribution is -2.57. The lowest BCUT2D eigenvalue weighted by molar-refractivity contribution is -0.146. The predicted molar refractivity (Wildman–Crippen MR) is 156 cm³/mol. The van der Waals surface area contributed by atoms with E-state index in [0.29, 0.717) is 29.8 Å². The van der Waals surface area contributed by atoms with Gasteiger partial charge in [0.2, 0.25) is 11.8 Å².